The first kappa shape index (κ1) is 13.7. The van der Waals surface area contributed by atoms with Gasteiger partial charge in [-0.3, -0.25) is 0 Å². The second-order valence-electron chi connectivity index (χ2n) is 4.06. The third-order valence-electron chi connectivity index (χ3n) is 2.31. The van der Waals surface area contributed by atoms with Crippen LogP contribution in [0, 0.1) is 6.92 Å². The van der Waals surface area contributed by atoms with Crippen molar-refractivity contribution in [2.45, 2.75) is 26.7 Å². The maximum absolute atomic E-state index is 5.53. The molecule has 5 nitrogen and oxygen atoms in total. The molecule has 0 saturated heterocycles. The fourth-order valence-corrected chi connectivity index (χ4v) is 1.40. The summed E-state index contributed by atoms with van der Waals surface area (Å²) in [6.45, 7) is 6.23. The zero-order valence-electron chi connectivity index (χ0n) is 10.9. The number of hydrogen-bond donors (Lipinski definition) is 1. The van der Waals surface area contributed by atoms with Crippen molar-refractivity contribution < 1.29 is 4.74 Å². The highest BCUT2D eigenvalue weighted by atomic mass is 16.5. The first-order valence-corrected chi connectivity index (χ1v) is 6.07. The molecule has 0 aromatic carbocycles. The van der Waals surface area contributed by atoms with Gasteiger partial charge in [-0.2, -0.15) is 4.98 Å². The van der Waals surface area contributed by atoms with Crippen LogP contribution in [-0.2, 0) is 0 Å². The molecule has 1 aromatic rings. The predicted octanol–water partition coefficient (Wildman–Crippen LogP) is 1.36. The van der Waals surface area contributed by atoms with Gasteiger partial charge in [0.1, 0.15) is 0 Å². The Labute approximate surface area is 103 Å². The number of aryl methyl sites for hydroxylation is 1. The van der Waals surface area contributed by atoms with Crippen LogP contribution >= 0.6 is 0 Å². The van der Waals surface area contributed by atoms with E-state index in [4.69, 9.17) is 10.5 Å². The maximum atomic E-state index is 5.53. The molecule has 1 aromatic heterocycles. The molecule has 0 radical (unpaired) electrons. The average Bonchev–Trinajstić information content (AvgIpc) is 2.32. The standard InChI is InChI=1S/C12H22N4O/c1-4-8-17-11-9-10(2)14-12(15-11)16(3)7-5-6-13/h9H,4-8,13H2,1-3H3. The summed E-state index contributed by atoms with van der Waals surface area (Å²) in [5.74, 6) is 1.35. The fourth-order valence-electron chi connectivity index (χ4n) is 1.40. The molecule has 1 heterocycles. The van der Waals surface area contributed by atoms with Crippen molar-refractivity contribution in [1.29, 1.82) is 0 Å². The van der Waals surface area contributed by atoms with Gasteiger partial charge in [0.15, 0.2) is 0 Å². The largest absolute Gasteiger partial charge is 0.478 e. The highest BCUT2D eigenvalue weighted by molar-refractivity contribution is 5.33. The van der Waals surface area contributed by atoms with Crippen LogP contribution in [-0.4, -0.2) is 36.7 Å². The number of nitrogens with two attached hydrogens (primary N) is 1. The quantitative estimate of drug-likeness (QED) is 0.777. The normalized spacial score (nSPS) is 10.4. The van der Waals surface area contributed by atoms with Crippen LogP contribution in [0.2, 0.25) is 0 Å². The summed E-state index contributed by atoms with van der Waals surface area (Å²) < 4.78 is 5.53. The molecule has 5 heteroatoms. The Morgan fingerprint density at radius 2 is 2.18 bits per heavy atom. The third-order valence-corrected chi connectivity index (χ3v) is 2.31. The average molecular weight is 238 g/mol. The van der Waals surface area contributed by atoms with Crippen molar-refractivity contribution in [3.63, 3.8) is 0 Å². The number of aromatic nitrogens is 2. The molecule has 0 unspecified atom stereocenters. The molecule has 0 aliphatic heterocycles. The topological polar surface area (TPSA) is 64.3 Å². The van der Waals surface area contributed by atoms with Gasteiger partial charge in [0.2, 0.25) is 11.8 Å². The Hall–Kier alpha value is -1.36. The highest BCUT2D eigenvalue weighted by Crippen LogP contribution is 2.14. The van der Waals surface area contributed by atoms with Crippen molar-refractivity contribution in [2.75, 3.05) is 31.6 Å². The number of rotatable bonds is 7. The van der Waals surface area contributed by atoms with E-state index in [0.717, 1.165) is 25.1 Å². The molecule has 0 spiro atoms. The van der Waals surface area contributed by atoms with Crippen LogP contribution in [0.5, 0.6) is 5.88 Å². The molecule has 17 heavy (non-hydrogen) atoms. The zero-order chi connectivity index (χ0) is 12.7. The molecular formula is C12H22N4O. The Kier molecular flexibility index (Phi) is 5.69. The van der Waals surface area contributed by atoms with Gasteiger partial charge in [-0.1, -0.05) is 6.92 Å². The van der Waals surface area contributed by atoms with Gasteiger partial charge in [0.25, 0.3) is 0 Å². The monoisotopic (exact) mass is 238 g/mol. The van der Waals surface area contributed by atoms with Crippen LogP contribution in [0.4, 0.5) is 5.95 Å². The van der Waals surface area contributed by atoms with Gasteiger partial charge in [0, 0.05) is 25.4 Å². The van der Waals surface area contributed by atoms with E-state index in [0.29, 0.717) is 25.0 Å². The second kappa shape index (κ2) is 7.06. The molecule has 0 bridgehead atoms. The van der Waals surface area contributed by atoms with Gasteiger partial charge in [-0.15, -0.1) is 0 Å². The summed E-state index contributed by atoms with van der Waals surface area (Å²) in [5, 5.41) is 0. The minimum Gasteiger partial charge on any atom is -0.478 e. The molecule has 0 saturated carbocycles. The van der Waals surface area contributed by atoms with Gasteiger partial charge in [-0.05, 0) is 26.3 Å². The molecule has 1 rings (SSSR count). The summed E-state index contributed by atoms with van der Waals surface area (Å²) in [7, 11) is 1.97. The predicted molar refractivity (Wildman–Crippen MR) is 69.5 cm³/mol. The number of hydrogen-bond acceptors (Lipinski definition) is 5. The molecule has 0 aliphatic carbocycles. The molecule has 0 amide bonds. The van der Waals surface area contributed by atoms with Crippen molar-refractivity contribution in [1.82, 2.24) is 9.97 Å². The summed E-state index contributed by atoms with van der Waals surface area (Å²) in [6, 6.07) is 1.86. The van der Waals surface area contributed by atoms with Crippen LogP contribution in [0.1, 0.15) is 25.5 Å². The molecule has 2 N–H and O–H groups in total. The lowest BCUT2D eigenvalue weighted by Gasteiger charge is -2.17. The highest BCUT2D eigenvalue weighted by Gasteiger charge is 2.07. The van der Waals surface area contributed by atoms with E-state index in [1.165, 1.54) is 0 Å². The van der Waals surface area contributed by atoms with Crippen LogP contribution in [0.15, 0.2) is 6.07 Å². The second-order valence-corrected chi connectivity index (χ2v) is 4.06. The Bertz CT molecular complexity index is 343. The lowest BCUT2D eigenvalue weighted by atomic mass is 10.4. The van der Waals surface area contributed by atoms with E-state index < -0.39 is 0 Å². The summed E-state index contributed by atoms with van der Waals surface area (Å²) in [4.78, 5) is 10.8. The smallest absolute Gasteiger partial charge is 0.228 e. The van der Waals surface area contributed by atoms with Crippen molar-refractivity contribution in [3.8, 4) is 5.88 Å². The summed E-state index contributed by atoms with van der Waals surface area (Å²) in [5.41, 5.74) is 6.41. The van der Waals surface area contributed by atoms with E-state index in [1.54, 1.807) is 0 Å². The maximum Gasteiger partial charge on any atom is 0.228 e. The van der Waals surface area contributed by atoms with E-state index in [9.17, 15) is 0 Å². The minimum atomic E-state index is 0.647. The fraction of sp³-hybridized carbons (Fsp3) is 0.667. The lowest BCUT2D eigenvalue weighted by Crippen LogP contribution is -2.23. The first-order valence-electron chi connectivity index (χ1n) is 6.07. The van der Waals surface area contributed by atoms with Crippen molar-refractivity contribution >= 4 is 5.95 Å². The molecule has 0 fully saturated rings. The number of nitrogens with zero attached hydrogens (tertiary/aromatic N) is 3. The van der Waals surface area contributed by atoms with E-state index in [2.05, 4.69) is 16.9 Å². The Balaban J connectivity index is 2.73. The van der Waals surface area contributed by atoms with Gasteiger partial charge in [-0.25, -0.2) is 4.98 Å². The SMILES string of the molecule is CCCOc1cc(C)nc(N(C)CCCN)n1. The molecular weight excluding hydrogens is 216 g/mol. The number of anilines is 1. The Morgan fingerprint density at radius 1 is 1.41 bits per heavy atom. The summed E-state index contributed by atoms with van der Waals surface area (Å²) >= 11 is 0. The van der Waals surface area contributed by atoms with E-state index in [-0.39, 0.29) is 0 Å². The van der Waals surface area contributed by atoms with Crippen LogP contribution in [0.25, 0.3) is 0 Å². The van der Waals surface area contributed by atoms with Crippen LogP contribution < -0.4 is 15.4 Å². The molecule has 0 aliphatic rings. The van der Waals surface area contributed by atoms with Crippen molar-refractivity contribution in [3.05, 3.63) is 11.8 Å². The third kappa shape index (κ3) is 4.56. The molecule has 0 atom stereocenters. The van der Waals surface area contributed by atoms with Gasteiger partial charge < -0.3 is 15.4 Å². The van der Waals surface area contributed by atoms with Gasteiger partial charge in [0.05, 0.1) is 6.61 Å². The van der Waals surface area contributed by atoms with Crippen LogP contribution in [0.3, 0.4) is 0 Å². The molecule has 96 valence electrons. The lowest BCUT2D eigenvalue weighted by molar-refractivity contribution is 0.304. The van der Waals surface area contributed by atoms with E-state index in [1.807, 2.05) is 24.9 Å². The first-order chi connectivity index (χ1) is 8.17. The zero-order valence-corrected chi connectivity index (χ0v) is 10.9. The Morgan fingerprint density at radius 3 is 2.82 bits per heavy atom. The van der Waals surface area contributed by atoms with E-state index >= 15 is 0 Å². The number of ether oxygens (including phenoxy) is 1. The summed E-state index contributed by atoms with van der Waals surface area (Å²) in [6.07, 6.45) is 1.90. The van der Waals surface area contributed by atoms with Gasteiger partial charge >= 0.3 is 0 Å². The van der Waals surface area contributed by atoms with Crippen molar-refractivity contribution in [2.24, 2.45) is 5.73 Å². The minimum absolute atomic E-state index is 0.647.